The highest BCUT2D eigenvalue weighted by Crippen LogP contribution is 2.29. The lowest BCUT2D eigenvalue weighted by Crippen LogP contribution is -2.55. The second kappa shape index (κ2) is 7.67. The van der Waals surface area contributed by atoms with Crippen molar-refractivity contribution in [1.29, 1.82) is 0 Å². The molecule has 0 unspecified atom stereocenters. The largest absolute Gasteiger partial charge is 0.490 e. The summed E-state index contributed by atoms with van der Waals surface area (Å²) < 4.78 is 11.1. The Labute approximate surface area is 136 Å². The third kappa shape index (κ3) is 3.83. The van der Waals surface area contributed by atoms with Gasteiger partial charge in [0.25, 0.3) is 5.91 Å². The number of nitrogens with zero attached hydrogens (tertiary/aromatic N) is 1. The zero-order valence-electron chi connectivity index (χ0n) is 13.5. The Balaban J connectivity index is 2.24. The van der Waals surface area contributed by atoms with Crippen LogP contribution >= 0.6 is 0 Å². The van der Waals surface area contributed by atoms with Crippen LogP contribution in [0.5, 0.6) is 11.5 Å². The lowest BCUT2D eigenvalue weighted by atomic mass is 10.1. The zero-order chi connectivity index (χ0) is 16.8. The molecule has 2 amide bonds. The second-order valence-electron chi connectivity index (χ2n) is 5.16. The third-order valence-corrected chi connectivity index (χ3v) is 3.61. The molecule has 1 saturated heterocycles. The molecule has 0 saturated carbocycles. The van der Waals surface area contributed by atoms with E-state index in [1.54, 1.807) is 36.1 Å². The van der Waals surface area contributed by atoms with E-state index in [0.29, 0.717) is 43.4 Å². The molecule has 1 aromatic rings. The number of benzene rings is 1. The second-order valence-corrected chi connectivity index (χ2v) is 5.16. The van der Waals surface area contributed by atoms with Gasteiger partial charge in [-0.15, -0.1) is 0 Å². The topological polar surface area (TPSA) is 67.9 Å². The summed E-state index contributed by atoms with van der Waals surface area (Å²) in [4.78, 5) is 26.0. The monoisotopic (exact) mass is 318 g/mol. The van der Waals surface area contributed by atoms with Crippen molar-refractivity contribution in [2.24, 2.45) is 0 Å². The first kappa shape index (κ1) is 16.9. The van der Waals surface area contributed by atoms with Crippen LogP contribution in [0.1, 0.15) is 24.2 Å². The predicted molar refractivity (Wildman–Crippen MR) is 86.8 cm³/mol. The Hall–Kier alpha value is -2.50. The van der Waals surface area contributed by atoms with Crippen LogP contribution < -0.4 is 14.8 Å². The highest BCUT2D eigenvalue weighted by Gasteiger charge is 2.30. The molecule has 0 aromatic heterocycles. The molecule has 0 aliphatic carbocycles. The van der Waals surface area contributed by atoms with Gasteiger partial charge in [-0.25, -0.2) is 0 Å². The number of ether oxygens (including phenoxy) is 2. The fourth-order valence-corrected chi connectivity index (χ4v) is 2.40. The molecule has 1 heterocycles. The van der Waals surface area contributed by atoms with Crippen LogP contribution in [-0.4, -0.2) is 49.1 Å². The third-order valence-electron chi connectivity index (χ3n) is 3.61. The van der Waals surface area contributed by atoms with Gasteiger partial charge in [0.1, 0.15) is 12.6 Å². The summed E-state index contributed by atoms with van der Waals surface area (Å²) in [6.07, 6.45) is 1.64. The molecule has 6 nitrogen and oxygen atoms in total. The molecule has 1 N–H and O–H groups in total. The summed E-state index contributed by atoms with van der Waals surface area (Å²) in [6.45, 7) is 8.97. The van der Waals surface area contributed by atoms with E-state index < -0.39 is 6.04 Å². The number of rotatable bonds is 6. The molecule has 1 atom stereocenters. The van der Waals surface area contributed by atoms with Crippen molar-refractivity contribution in [3.8, 4) is 11.5 Å². The van der Waals surface area contributed by atoms with E-state index in [0.717, 1.165) is 0 Å². The lowest BCUT2D eigenvalue weighted by molar-refractivity contribution is -0.127. The van der Waals surface area contributed by atoms with E-state index in [9.17, 15) is 9.59 Å². The van der Waals surface area contributed by atoms with Crippen molar-refractivity contribution in [1.82, 2.24) is 10.2 Å². The van der Waals surface area contributed by atoms with E-state index in [4.69, 9.17) is 9.47 Å². The Kier molecular flexibility index (Phi) is 5.62. The van der Waals surface area contributed by atoms with Crippen molar-refractivity contribution >= 4 is 11.8 Å². The van der Waals surface area contributed by atoms with Crippen LogP contribution in [0.25, 0.3) is 0 Å². The summed E-state index contributed by atoms with van der Waals surface area (Å²) >= 11 is 0. The van der Waals surface area contributed by atoms with Gasteiger partial charge in [-0.2, -0.15) is 0 Å². The molecule has 124 valence electrons. The number of piperazine rings is 1. The molecule has 1 aliphatic rings. The average Bonchev–Trinajstić information content (AvgIpc) is 2.56. The van der Waals surface area contributed by atoms with Crippen LogP contribution in [0.4, 0.5) is 0 Å². The van der Waals surface area contributed by atoms with E-state index in [1.165, 1.54) is 0 Å². The minimum atomic E-state index is -0.483. The fourth-order valence-electron chi connectivity index (χ4n) is 2.40. The molecule has 1 aliphatic heterocycles. The van der Waals surface area contributed by atoms with Gasteiger partial charge in [-0.1, -0.05) is 12.7 Å². The first-order valence-electron chi connectivity index (χ1n) is 7.67. The number of amides is 2. The van der Waals surface area contributed by atoms with Crippen molar-refractivity contribution < 1.29 is 19.1 Å². The number of hydrogen-bond donors (Lipinski definition) is 1. The van der Waals surface area contributed by atoms with Gasteiger partial charge in [0.05, 0.1) is 6.61 Å². The van der Waals surface area contributed by atoms with E-state index in [1.807, 2.05) is 6.92 Å². The van der Waals surface area contributed by atoms with E-state index in [2.05, 4.69) is 11.9 Å². The first-order valence-corrected chi connectivity index (χ1v) is 7.67. The molecule has 1 aromatic carbocycles. The number of hydrogen-bond acceptors (Lipinski definition) is 4. The van der Waals surface area contributed by atoms with E-state index >= 15 is 0 Å². The molecule has 23 heavy (non-hydrogen) atoms. The van der Waals surface area contributed by atoms with Gasteiger partial charge in [-0.3, -0.25) is 9.59 Å². The smallest absolute Gasteiger partial charge is 0.254 e. The molecule has 0 bridgehead atoms. The SMILES string of the molecule is C=CCOc1ccc(C(=O)N2CCNC(=O)[C@H]2C)cc1OCC. The quantitative estimate of drug-likeness (QED) is 0.809. The summed E-state index contributed by atoms with van der Waals surface area (Å²) in [5.74, 6) is 0.742. The normalized spacial score (nSPS) is 17.4. The molecule has 1 fully saturated rings. The van der Waals surface area contributed by atoms with E-state index in [-0.39, 0.29) is 11.8 Å². The average molecular weight is 318 g/mol. The predicted octanol–water partition coefficient (Wildman–Crippen LogP) is 1.61. The summed E-state index contributed by atoms with van der Waals surface area (Å²) in [6, 6.07) is 4.56. The Morgan fingerprint density at radius 2 is 2.22 bits per heavy atom. The van der Waals surface area contributed by atoms with Gasteiger partial charge in [0.2, 0.25) is 5.91 Å². The maximum absolute atomic E-state index is 12.7. The highest BCUT2D eigenvalue weighted by atomic mass is 16.5. The number of nitrogens with one attached hydrogen (secondary N) is 1. The number of carbonyl (C=O) groups is 2. The zero-order valence-corrected chi connectivity index (χ0v) is 13.5. The first-order chi connectivity index (χ1) is 11.1. The van der Waals surface area contributed by atoms with Crippen LogP contribution in [-0.2, 0) is 4.79 Å². The van der Waals surface area contributed by atoms with Crippen LogP contribution in [0, 0.1) is 0 Å². The summed E-state index contributed by atoms with van der Waals surface area (Å²) in [5.41, 5.74) is 0.473. The minimum Gasteiger partial charge on any atom is -0.490 e. The molecule has 2 rings (SSSR count). The van der Waals surface area contributed by atoms with Crippen molar-refractivity contribution in [2.45, 2.75) is 19.9 Å². The molecule has 6 heteroatoms. The molecular formula is C17H22N2O4. The minimum absolute atomic E-state index is 0.138. The highest BCUT2D eigenvalue weighted by molar-refractivity contribution is 5.98. The fraction of sp³-hybridized carbons (Fsp3) is 0.412. The maximum atomic E-state index is 12.7. The van der Waals surface area contributed by atoms with Crippen LogP contribution in [0.2, 0.25) is 0 Å². The standard InChI is InChI=1S/C17H22N2O4/c1-4-10-23-14-7-6-13(11-15(14)22-5-2)17(21)19-9-8-18-16(20)12(19)3/h4,6-7,11-12H,1,5,8-10H2,2-3H3,(H,18,20)/t12-/m1/s1. The van der Waals surface area contributed by atoms with Gasteiger partial charge in [0, 0.05) is 18.7 Å². The Morgan fingerprint density at radius 1 is 1.43 bits per heavy atom. The Bertz CT molecular complexity index is 600. The van der Waals surface area contributed by atoms with Crippen molar-refractivity contribution in [2.75, 3.05) is 26.3 Å². The van der Waals surface area contributed by atoms with Gasteiger partial charge in [-0.05, 0) is 32.0 Å². The molecule has 0 radical (unpaired) electrons. The van der Waals surface area contributed by atoms with Crippen LogP contribution in [0.3, 0.4) is 0 Å². The lowest BCUT2D eigenvalue weighted by Gasteiger charge is -2.33. The van der Waals surface area contributed by atoms with Crippen LogP contribution in [0.15, 0.2) is 30.9 Å². The van der Waals surface area contributed by atoms with Gasteiger partial charge < -0.3 is 19.7 Å². The van der Waals surface area contributed by atoms with Crippen molar-refractivity contribution in [3.05, 3.63) is 36.4 Å². The molecular weight excluding hydrogens is 296 g/mol. The summed E-state index contributed by atoms with van der Waals surface area (Å²) in [5, 5.41) is 2.75. The van der Waals surface area contributed by atoms with Gasteiger partial charge >= 0.3 is 0 Å². The van der Waals surface area contributed by atoms with Gasteiger partial charge in [0.15, 0.2) is 11.5 Å². The number of carbonyl (C=O) groups excluding carboxylic acids is 2. The maximum Gasteiger partial charge on any atom is 0.254 e. The molecule has 0 spiro atoms. The Morgan fingerprint density at radius 3 is 2.91 bits per heavy atom. The van der Waals surface area contributed by atoms with Crippen molar-refractivity contribution in [3.63, 3.8) is 0 Å². The summed E-state index contributed by atoms with van der Waals surface area (Å²) in [7, 11) is 0.